The lowest BCUT2D eigenvalue weighted by atomic mass is 10.0. The third kappa shape index (κ3) is 12.2. The summed E-state index contributed by atoms with van der Waals surface area (Å²) in [5, 5.41) is 0. The first-order valence-corrected chi connectivity index (χ1v) is 17.5. The van der Waals surface area contributed by atoms with Crippen molar-refractivity contribution in [1.29, 1.82) is 0 Å². The van der Waals surface area contributed by atoms with Crippen molar-refractivity contribution in [2.24, 2.45) is 0 Å². The van der Waals surface area contributed by atoms with Crippen molar-refractivity contribution < 1.29 is 9.05 Å². The molecule has 0 saturated carbocycles. The first-order valence-electron chi connectivity index (χ1n) is 13.8. The lowest BCUT2D eigenvalue weighted by Crippen LogP contribution is -2.01. The van der Waals surface area contributed by atoms with Crippen LogP contribution in [0, 0.1) is 13.8 Å². The molecule has 0 saturated heterocycles. The highest BCUT2D eigenvalue weighted by atomic mass is 32.9. The van der Waals surface area contributed by atoms with Crippen LogP contribution in [0.5, 0.6) is 11.5 Å². The highest BCUT2D eigenvalue weighted by Gasteiger charge is 2.21. The van der Waals surface area contributed by atoms with Crippen LogP contribution in [0.2, 0.25) is 0 Å². The topological polar surface area (TPSA) is 18.5 Å². The minimum atomic E-state index is -2.80. The summed E-state index contributed by atoms with van der Waals surface area (Å²) in [4.78, 5) is 0. The fourth-order valence-electron chi connectivity index (χ4n) is 4.44. The summed E-state index contributed by atoms with van der Waals surface area (Å²) in [6.07, 6.45) is 17.3. The van der Waals surface area contributed by atoms with Crippen molar-refractivity contribution in [2.75, 3.05) is 0 Å². The Morgan fingerprint density at radius 2 is 1.00 bits per heavy atom. The predicted molar refractivity (Wildman–Crippen MR) is 161 cm³/mol. The second kappa shape index (κ2) is 16.7. The lowest BCUT2D eigenvalue weighted by molar-refractivity contribution is 0.496. The van der Waals surface area contributed by atoms with Crippen molar-refractivity contribution >= 4 is 29.7 Å². The van der Waals surface area contributed by atoms with E-state index in [9.17, 15) is 0 Å². The van der Waals surface area contributed by atoms with Crippen LogP contribution in [-0.4, -0.2) is 0 Å². The van der Waals surface area contributed by atoms with Gasteiger partial charge in [0.2, 0.25) is 0 Å². The molecule has 0 aliphatic heterocycles. The molecule has 0 bridgehead atoms. The number of rotatable bonds is 18. The molecule has 0 amide bonds. The van der Waals surface area contributed by atoms with Gasteiger partial charge in [0.15, 0.2) is 0 Å². The third-order valence-electron chi connectivity index (χ3n) is 6.46. The first kappa shape index (κ1) is 30.3. The van der Waals surface area contributed by atoms with E-state index in [1.54, 1.807) is 0 Å². The van der Waals surface area contributed by atoms with Crippen LogP contribution >= 0.6 is 17.9 Å². The number of benzene rings is 2. The first-order chi connectivity index (χ1) is 16.8. The van der Waals surface area contributed by atoms with Crippen LogP contribution in [0.3, 0.4) is 0 Å². The van der Waals surface area contributed by atoms with Gasteiger partial charge in [-0.1, -0.05) is 126 Å². The molecular weight excluding hydrogens is 487 g/mol. The van der Waals surface area contributed by atoms with E-state index in [1.165, 1.54) is 99.3 Å². The van der Waals surface area contributed by atoms with Gasteiger partial charge in [-0.15, -0.1) is 0 Å². The number of aryl methyl sites for hydroxylation is 4. The average molecular weight is 535 g/mol. The Hall–Kier alpha value is -0.960. The highest BCUT2D eigenvalue weighted by molar-refractivity contribution is 8.60. The number of hydrogen-bond donors (Lipinski definition) is 1. The molecule has 0 radical (unpaired) electrons. The summed E-state index contributed by atoms with van der Waals surface area (Å²) in [5.74, 6) is 1.65. The molecule has 2 rings (SSSR count). The summed E-state index contributed by atoms with van der Waals surface area (Å²) in [6.45, 7) is 8.77. The Kier molecular flexibility index (Phi) is 14.5. The van der Waals surface area contributed by atoms with Gasteiger partial charge in [-0.2, -0.15) is 0 Å². The van der Waals surface area contributed by atoms with Crippen molar-refractivity contribution in [1.82, 2.24) is 0 Å². The zero-order chi connectivity index (χ0) is 25.5. The summed E-state index contributed by atoms with van der Waals surface area (Å²) in [6, 6.07) is 12.7. The minimum Gasteiger partial charge on any atom is -0.428 e. The second-order valence-corrected chi connectivity index (χ2v) is 15.0. The molecule has 0 unspecified atom stereocenters. The van der Waals surface area contributed by atoms with Crippen molar-refractivity contribution in [3.63, 3.8) is 0 Å². The standard InChI is InChI=1S/C30H47O2PS2/c1-5-7-9-11-13-15-17-27-23-25(3)19-21-29(27)31-33(34,35)32-30-22-20-26(4)24-28(30)18-16-14-12-10-8-6-2/h19-24H,5-18H2,1-4H3,(H,34,35). The second-order valence-electron chi connectivity index (χ2n) is 9.91. The number of unbranched alkanes of at least 4 members (excludes halogenated alkanes) is 10. The van der Waals surface area contributed by atoms with Crippen molar-refractivity contribution in [2.45, 2.75) is 118 Å². The van der Waals surface area contributed by atoms with E-state index in [2.05, 4.69) is 52.0 Å². The SMILES string of the molecule is CCCCCCCCc1cc(C)ccc1OP(=S)(S)Oc1ccc(C)cc1CCCCCCCC. The Morgan fingerprint density at radius 3 is 1.40 bits per heavy atom. The minimum absolute atomic E-state index is 0.826. The Labute approximate surface area is 225 Å². The molecule has 0 heterocycles. The van der Waals surface area contributed by atoms with E-state index in [-0.39, 0.29) is 0 Å². The van der Waals surface area contributed by atoms with Crippen LogP contribution in [0.25, 0.3) is 0 Å². The molecule has 0 aliphatic carbocycles. The molecule has 2 aromatic carbocycles. The van der Waals surface area contributed by atoms with Crippen molar-refractivity contribution in [3.8, 4) is 11.5 Å². The van der Waals surface area contributed by atoms with E-state index in [0.29, 0.717) is 0 Å². The lowest BCUT2D eigenvalue weighted by Gasteiger charge is -2.22. The number of hydrogen-bond acceptors (Lipinski definition) is 3. The molecule has 0 aromatic heterocycles. The van der Waals surface area contributed by atoms with E-state index in [0.717, 1.165) is 24.3 Å². The maximum absolute atomic E-state index is 6.31. The summed E-state index contributed by atoms with van der Waals surface area (Å²) >= 11 is 10.5. The normalized spacial score (nSPS) is 11.6. The summed E-state index contributed by atoms with van der Waals surface area (Å²) in [7, 11) is 0. The number of thiol groups is 1. The fourth-order valence-corrected chi connectivity index (χ4v) is 6.34. The van der Waals surface area contributed by atoms with Crippen LogP contribution in [0.4, 0.5) is 0 Å². The van der Waals surface area contributed by atoms with Gasteiger partial charge in [-0.05, 0) is 74.6 Å². The van der Waals surface area contributed by atoms with Crippen molar-refractivity contribution in [3.05, 3.63) is 58.7 Å². The monoisotopic (exact) mass is 534 g/mol. The van der Waals surface area contributed by atoms with E-state index < -0.39 is 5.69 Å². The largest absolute Gasteiger partial charge is 0.428 e. The molecule has 0 fully saturated rings. The maximum atomic E-state index is 6.31. The molecular formula is C30H47O2PS2. The van der Waals surface area contributed by atoms with Crippen LogP contribution in [0.15, 0.2) is 36.4 Å². The van der Waals surface area contributed by atoms with E-state index in [1.807, 2.05) is 12.1 Å². The zero-order valence-electron chi connectivity index (χ0n) is 22.5. The van der Waals surface area contributed by atoms with Gasteiger partial charge in [0.25, 0.3) is 0 Å². The Morgan fingerprint density at radius 1 is 0.629 bits per heavy atom. The van der Waals surface area contributed by atoms with Gasteiger partial charge in [0.05, 0.1) is 0 Å². The molecule has 5 heteroatoms. The molecule has 2 nitrogen and oxygen atoms in total. The van der Waals surface area contributed by atoms with Gasteiger partial charge in [-0.25, -0.2) is 0 Å². The molecule has 0 atom stereocenters. The smallest absolute Gasteiger partial charge is 0.345 e. The Bertz CT molecular complexity index is 857. The summed E-state index contributed by atoms with van der Waals surface area (Å²) in [5.41, 5.74) is 2.11. The highest BCUT2D eigenvalue weighted by Crippen LogP contribution is 2.54. The summed E-state index contributed by atoms with van der Waals surface area (Å²) < 4.78 is 12.6. The van der Waals surface area contributed by atoms with Gasteiger partial charge >= 0.3 is 5.69 Å². The van der Waals surface area contributed by atoms with Gasteiger partial charge in [0.1, 0.15) is 11.5 Å². The molecule has 0 aliphatic rings. The molecule has 0 spiro atoms. The van der Waals surface area contributed by atoms with Crippen LogP contribution in [-0.2, 0) is 24.6 Å². The quantitative estimate of drug-likeness (QED) is 0.117. The van der Waals surface area contributed by atoms with Crippen LogP contribution < -0.4 is 9.05 Å². The molecule has 35 heavy (non-hydrogen) atoms. The van der Waals surface area contributed by atoms with Gasteiger partial charge in [-0.3, -0.25) is 0 Å². The fraction of sp³-hybridized carbons (Fsp3) is 0.600. The van der Waals surface area contributed by atoms with E-state index in [4.69, 9.17) is 33.1 Å². The van der Waals surface area contributed by atoms with Gasteiger partial charge in [0, 0.05) is 0 Å². The van der Waals surface area contributed by atoms with Gasteiger partial charge < -0.3 is 9.05 Å². The molecule has 2 aromatic rings. The third-order valence-corrected chi connectivity index (χ3v) is 8.25. The van der Waals surface area contributed by atoms with Crippen LogP contribution in [0.1, 0.15) is 113 Å². The molecule has 196 valence electrons. The Balaban J connectivity index is 2.01. The predicted octanol–water partition coefficient (Wildman–Crippen LogP) is 10.7. The maximum Gasteiger partial charge on any atom is 0.345 e. The van der Waals surface area contributed by atoms with E-state index >= 15 is 0 Å². The average Bonchev–Trinajstić information content (AvgIpc) is 2.81. The molecule has 0 N–H and O–H groups in total. The zero-order valence-corrected chi connectivity index (χ0v) is 25.1.